The van der Waals surface area contributed by atoms with Crippen molar-refractivity contribution >= 4 is 15.9 Å². The fourth-order valence-corrected chi connectivity index (χ4v) is 4.05. The molecule has 0 aromatic carbocycles. The fraction of sp³-hybridized carbons (Fsp3) is 0.800. The van der Waals surface area contributed by atoms with Gasteiger partial charge < -0.3 is 5.32 Å². The molecule has 2 unspecified atom stereocenters. The van der Waals surface area contributed by atoms with Gasteiger partial charge in [0.15, 0.2) is 0 Å². The topological polar surface area (TPSA) is 29.9 Å². The van der Waals surface area contributed by atoms with E-state index in [-0.39, 0.29) is 0 Å². The average Bonchev–Trinajstić information content (AvgIpc) is 2.95. The number of halogens is 1. The van der Waals surface area contributed by atoms with Crippen molar-refractivity contribution in [2.75, 3.05) is 13.1 Å². The molecule has 1 saturated carbocycles. The molecule has 1 aromatic heterocycles. The first-order valence-corrected chi connectivity index (χ1v) is 8.37. The van der Waals surface area contributed by atoms with E-state index >= 15 is 0 Å². The molecule has 108 valence electrons. The molecular formula is C15H26BrN3. The standard InChI is InChI=1S/C15H26BrN3/c1-4-13-15(16)14(19(3)18-13)9-11-7-6-8-12(11)10-17-5-2/h11-12,17H,4-10H2,1-3H3. The van der Waals surface area contributed by atoms with Crippen LogP contribution in [0.25, 0.3) is 0 Å². The minimum absolute atomic E-state index is 0.815. The van der Waals surface area contributed by atoms with Crippen molar-refractivity contribution in [1.29, 1.82) is 0 Å². The molecule has 3 nitrogen and oxygen atoms in total. The first-order valence-electron chi connectivity index (χ1n) is 7.58. The third-order valence-electron chi connectivity index (χ3n) is 4.43. The van der Waals surface area contributed by atoms with Gasteiger partial charge in [0.05, 0.1) is 15.9 Å². The Morgan fingerprint density at radius 3 is 2.68 bits per heavy atom. The Morgan fingerprint density at radius 2 is 2.05 bits per heavy atom. The maximum Gasteiger partial charge on any atom is 0.0766 e. The summed E-state index contributed by atoms with van der Waals surface area (Å²) in [5.41, 5.74) is 2.57. The Bertz CT molecular complexity index is 414. The monoisotopic (exact) mass is 327 g/mol. The SMILES string of the molecule is CCNCC1CCCC1Cc1c(Br)c(CC)nn1C. The summed E-state index contributed by atoms with van der Waals surface area (Å²) in [4.78, 5) is 0. The van der Waals surface area contributed by atoms with Gasteiger partial charge in [0.25, 0.3) is 0 Å². The first-order chi connectivity index (χ1) is 9.17. The maximum atomic E-state index is 4.61. The van der Waals surface area contributed by atoms with Gasteiger partial charge in [-0.25, -0.2) is 0 Å². The normalized spacial score (nSPS) is 23.2. The summed E-state index contributed by atoms with van der Waals surface area (Å²) in [6, 6.07) is 0. The molecule has 1 heterocycles. The van der Waals surface area contributed by atoms with E-state index in [2.05, 4.69) is 51.9 Å². The summed E-state index contributed by atoms with van der Waals surface area (Å²) < 4.78 is 3.32. The van der Waals surface area contributed by atoms with E-state index < -0.39 is 0 Å². The number of hydrogen-bond donors (Lipinski definition) is 1. The lowest BCUT2D eigenvalue weighted by Gasteiger charge is -2.20. The smallest absolute Gasteiger partial charge is 0.0766 e. The van der Waals surface area contributed by atoms with E-state index in [1.807, 2.05) is 0 Å². The van der Waals surface area contributed by atoms with Crippen molar-refractivity contribution < 1.29 is 0 Å². The van der Waals surface area contributed by atoms with Crippen molar-refractivity contribution in [2.24, 2.45) is 18.9 Å². The molecule has 0 radical (unpaired) electrons. The summed E-state index contributed by atoms with van der Waals surface area (Å²) in [7, 11) is 2.08. The maximum absolute atomic E-state index is 4.61. The van der Waals surface area contributed by atoms with E-state index in [1.165, 1.54) is 48.1 Å². The van der Waals surface area contributed by atoms with Gasteiger partial charge >= 0.3 is 0 Å². The predicted molar refractivity (Wildman–Crippen MR) is 83.4 cm³/mol. The van der Waals surface area contributed by atoms with E-state index in [0.29, 0.717) is 0 Å². The fourth-order valence-electron chi connectivity index (χ4n) is 3.27. The summed E-state index contributed by atoms with van der Waals surface area (Å²) in [6.45, 7) is 6.62. The molecule has 0 saturated heterocycles. The molecule has 0 aliphatic heterocycles. The van der Waals surface area contributed by atoms with Crippen LogP contribution in [-0.2, 0) is 19.9 Å². The van der Waals surface area contributed by atoms with Crippen LogP contribution in [0.2, 0.25) is 0 Å². The second kappa shape index (κ2) is 6.89. The first kappa shape index (κ1) is 15.0. The molecule has 1 N–H and O–H groups in total. The molecule has 2 rings (SSSR count). The Labute approximate surface area is 125 Å². The van der Waals surface area contributed by atoms with E-state index in [1.54, 1.807) is 0 Å². The number of nitrogens with zero attached hydrogens (tertiary/aromatic N) is 2. The second-order valence-electron chi connectivity index (χ2n) is 5.65. The highest BCUT2D eigenvalue weighted by molar-refractivity contribution is 9.10. The third kappa shape index (κ3) is 3.40. The second-order valence-corrected chi connectivity index (χ2v) is 6.44. The van der Waals surface area contributed by atoms with Crippen LogP contribution in [0.3, 0.4) is 0 Å². The predicted octanol–water partition coefficient (Wildman–Crippen LogP) is 3.31. The molecule has 1 aliphatic rings. The van der Waals surface area contributed by atoms with Gasteiger partial charge in [-0.3, -0.25) is 4.68 Å². The van der Waals surface area contributed by atoms with Crippen LogP contribution < -0.4 is 5.32 Å². The van der Waals surface area contributed by atoms with Gasteiger partial charge in [-0.15, -0.1) is 0 Å². The summed E-state index contributed by atoms with van der Waals surface area (Å²) in [5.74, 6) is 1.65. The molecule has 1 fully saturated rings. The highest BCUT2D eigenvalue weighted by atomic mass is 79.9. The third-order valence-corrected chi connectivity index (χ3v) is 5.35. The van der Waals surface area contributed by atoms with Crippen LogP contribution in [-0.4, -0.2) is 22.9 Å². The Hall–Kier alpha value is -0.350. The quantitative estimate of drug-likeness (QED) is 0.868. The number of hydrogen-bond acceptors (Lipinski definition) is 2. The van der Waals surface area contributed by atoms with Crippen LogP contribution in [0.5, 0.6) is 0 Å². The van der Waals surface area contributed by atoms with Crippen molar-refractivity contribution in [3.63, 3.8) is 0 Å². The van der Waals surface area contributed by atoms with Crippen LogP contribution in [0.1, 0.15) is 44.5 Å². The van der Waals surface area contributed by atoms with Gasteiger partial charge in [0.2, 0.25) is 0 Å². The van der Waals surface area contributed by atoms with Crippen molar-refractivity contribution in [2.45, 2.75) is 46.0 Å². The van der Waals surface area contributed by atoms with Crippen LogP contribution in [0.4, 0.5) is 0 Å². The lowest BCUT2D eigenvalue weighted by atomic mass is 9.91. The van der Waals surface area contributed by atoms with Crippen molar-refractivity contribution in [3.8, 4) is 0 Å². The molecule has 0 amide bonds. The zero-order valence-electron chi connectivity index (χ0n) is 12.4. The molecule has 2 atom stereocenters. The van der Waals surface area contributed by atoms with E-state index in [4.69, 9.17) is 0 Å². The summed E-state index contributed by atoms with van der Waals surface area (Å²) >= 11 is 3.74. The number of nitrogens with one attached hydrogen (secondary N) is 1. The van der Waals surface area contributed by atoms with Crippen LogP contribution in [0, 0.1) is 11.8 Å². The molecule has 0 bridgehead atoms. The minimum atomic E-state index is 0.815. The van der Waals surface area contributed by atoms with Gasteiger partial charge in [-0.1, -0.05) is 20.3 Å². The van der Waals surface area contributed by atoms with Gasteiger partial charge in [0.1, 0.15) is 0 Å². The molecular weight excluding hydrogens is 302 g/mol. The number of rotatable bonds is 6. The van der Waals surface area contributed by atoms with Gasteiger partial charge in [-0.2, -0.15) is 5.10 Å². The minimum Gasteiger partial charge on any atom is -0.317 e. The van der Waals surface area contributed by atoms with Gasteiger partial charge in [-0.05, 0) is 66.5 Å². The van der Waals surface area contributed by atoms with Crippen molar-refractivity contribution in [3.05, 3.63) is 15.9 Å². The van der Waals surface area contributed by atoms with Crippen LogP contribution in [0.15, 0.2) is 4.47 Å². The Balaban J connectivity index is 2.05. The average molecular weight is 328 g/mol. The zero-order chi connectivity index (χ0) is 13.8. The van der Waals surface area contributed by atoms with E-state index in [9.17, 15) is 0 Å². The molecule has 1 aliphatic carbocycles. The lowest BCUT2D eigenvalue weighted by molar-refractivity contribution is 0.361. The van der Waals surface area contributed by atoms with Gasteiger partial charge in [0, 0.05) is 7.05 Å². The molecule has 0 spiro atoms. The number of aryl methyl sites for hydroxylation is 2. The largest absolute Gasteiger partial charge is 0.317 e. The summed E-state index contributed by atoms with van der Waals surface area (Å²) in [5, 5.41) is 8.13. The zero-order valence-corrected chi connectivity index (χ0v) is 14.0. The Morgan fingerprint density at radius 1 is 1.32 bits per heavy atom. The van der Waals surface area contributed by atoms with E-state index in [0.717, 1.165) is 24.8 Å². The molecule has 1 aromatic rings. The van der Waals surface area contributed by atoms with Crippen LogP contribution >= 0.6 is 15.9 Å². The molecule has 4 heteroatoms. The molecule has 19 heavy (non-hydrogen) atoms. The lowest BCUT2D eigenvalue weighted by Crippen LogP contribution is -2.26. The summed E-state index contributed by atoms with van der Waals surface area (Å²) in [6.07, 6.45) is 6.31. The Kier molecular flexibility index (Phi) is 5.46. The highest BCUT2D eigenvalue weighted by Crippen LogP contribution is 2.35. The van der Waals surface area contributed by atoms with Crippen molar-refractivity contribution in [1.82, 2.24) is 15.1 Å². The highest BCUT2D eigenvalue weighted by Gasteiger charge is 2.28. The number of aromatic nitrogens is 2.